The van der Waals surface area contributed by atoms with E-state index in [9.17, 15) is 4.79 Å². The molecule has 2 N–H and O–H groups in total. The van der Waals surface area contributed by atoms with Crippen molar-refractivity contribution in [2.24, 2.45) is 0 Å². The van der Waals surface area contributed by atoms with E-state index >= 15 is 0 Å². The summed E-state index contributed by atoms with van der Waals surface area (Å²) in [5.74, 6) is 0. The quantitative estimate of drug-likeness (QED) is 0.652. The molecule has 0 aromatic carbocycles. The lowest BCUT2D eigenvalue weighted by molar-refractivity contribution is 0.130. The second-order valence-corrected chi connectivity index (χ2v) is 3.38. The molecule has 4 nitrogen and oxygen atoms in total. The van der Waals surface area contributed by atoms with Crippen LogP contribution in [0.4, 0.5) is 0 Å². The van der Waals surface area contributed by atoms with Crippen molar-refractivity contribution in [2.45, 2.75) is 38.2 Å². The Morgan fingerprint density at radius 2 is 2.07 bits per heavy atom. The van der Waals surface area contributed by atoms with E-state index in [0.29, 0.717) is 0 Å². The van der Waals surface area contributed by atoms with E-state index in [0.717, 1.165) is 12.8 Å². The number of hydrogen-bond donors (Lipinski definition) is 2. The highest BCUT2D eigenvalue weighted by atomic mass is 16.3. The molecule has 0 atom stereocenters. The largest absolute Gasteiger partial charge is 0.393 e. The molecule has 0 amide bonds. The molecule has 0 bridgehead atoms. The van der Waals surface area contributed by atoms with Crippen LogP contribution in [0.15, 0.2) is 23.3 Å². The van der Waals surface area contributed by atoms with Crippen molar-refractivity contribution in [3.05, 3.63) is 28.9 Å². The van der Waals surface area contributed by atoms with E-state index in [4.69, 9.17) is 5.11 Å². The fraction of sp³-hybridized carbons (Fsp3) is 0.600. The zero-order valence-corrected chi connectivity index (χ0v) is 8.15. The lowest BCUT2D eigenvalue weighted by atomic mass is 9.98. The van der Waals surface area contributed by atoms with Crippen LogP contribution in [0, 0.1) is 0 Å². The molecule has 14 heavy (non-hydrogen) atoms. The average molecular weight is 196 g/mol. The third-order valence-electron chi connectivity index (χ3n) is 2.16. The van der Waals surface area contributed by atoms with E-state index in [-0.39, 0.29) is 11.8 Å². The van der Waals surface area contributed by atoms with E-state index < -0.39 is 0 Å². The highest BCUT2D eigenvalue weighted by molar-refractivity contribution is 4.75. The van der Waals surface area contributed by atoms with Crippen molar-refractivity contribution in [3.8, 4) is 0 Å². The number of aromatic amines is 1. The topological polar surface area (TPSA) is 66.0 Å². The summed E-state index contributed by atoms with van der Waals surface area (Å²) in [6, 6.07) is 1.65. The smallest absolute Gasteiger partial charge is 0.344 e. The van der Waals surface area contributed by atoms with Gasteiger partial charge < -0.3 is 10.1 Å². The van der Waals surface area contributed by atoms with Crippen LogP contribution in [0.1, 0.15) is 32.1 Å². The van der Waals surface area contributed by atoms with Gasteiger partial charge in [0.05, 0.1) is 6.10 Å². The van der Waals surface area contributed by atoms with Crippen molar-refractivity contribution in [1.82, 2.24) is 9.97 Å². The Balaban J connectivity index is 0.000000140. The zero-order chi connectivity index (χ0) is 10.2. The molecule has 1 aliphatic carbocycles. The zero-order valence-electron chi connectivity index (χ0n) is 8.15. The van der Waals surface area contributed by atoms with Crippen LogP contribution in [0.2, 0.25) is 0 Å². The number of rotatable bonds is 0. The second kappa shape index (κ2) is 6.32. The summed E-state index contributed by atoms with van der Waals surface area (Å²) < 4.78 is 0. The van der Waals surface area contributed by atoms with Gasteiger partial charge in [-0.05, 0) is 18.9 Å². The Kier molecular flexibility index (Phi) is 4.93. The van der Waals surface area contributed by atoms with Crippen molar-refractivity contribution in [1.29, 1.82) is 0 Å². The first kappa shape index (κ1) is 10.9. The molecule has 1 heterocycles. The molecule has 0 aliphatic heterocycles. The first-order valence-electron chi connectivity index (χ1n) is 4.97. The maximum absolute atomic E-state index is 10.1. The predicted molar refractivity (Wildman–Crippen MR) is 53.9 cm³/mol. The average Bonchev–Trinajstić information content (AvgIpc) is 2.21. The minimum atomic E-state index is -0.303. The Hall–Kier alpha value is -1.16. The number of aliphatic hydroxyl groups excluding tert-OH is 1. The molecule has 1 aromatic rings. The van der Waals surface area contributed by atoms with E-state index in [1.54, 1.807) is 6.07 Å². The number of H-pyrrole nitrogens is 1. The first-order valence-corrected chi connectivity index (χ1v) is 4.97. The maximum atomic E-state index is 10.1. The van der Waals surface area contributed by atoms with Gasteiger partial charge in [0.2, 0.25) is 0 Å². The van der Waals surface area contributed by atoms with Gasteiger partial charge in [0.25, 0.3) is 0 Å². The summed E-state index contributed by atoms with van der Waals surface area (Å²) >= 11 is 0. The molecular weight excluding hydrogens is 180 g/mol. The molecule has 0 saturated heterocycles. The van der Waals surface area contributed by atoms with Gasteiger partial charge in [-0.15, -0.1) is 0 Å². The fourth-order valence-electron chi connectivity index (χ4n) is 1.39. The SMILES string of the molecule is O=c1nccc[nH]1.OC1CCCCC1. The minimum absolute atomic E-state index is 0.0359. The van der Waals surface area contributed by atoms with Crippen LogP contribution in [0.3, 0.4) is 0 Å². The molecule has 0 spiro atoms. The van der Waals surface area contributed by atoms with E-state index in [1.165, 1.54) is 31.7 Å². The summed E-state index contributed by atoms with van der Waals surface area (Å²) in [5.41, 5.74) is -0.303. The molecule has 4 heteroatoms. The van der Waals surface area contributed by atoms with Crippen molar-refractivity contribution < 1.29 is 5.11 Å². The van der Waals surface area contributed by atoms with Gasteiger partial charge in [-0.3, -0.25) is 0 Å². The minimum Gasteiger partial charge on any atom is -0.393 e. The summed E-state index contributed by atoms with van der Waals surface area (Å²) in [6.45, 7) is 0. The highest BCUT2D eigenvalue weighted by Gasteiger charge is 2.07. The monoisotopic (exact) mass is 196 g/mol. The highest BCUT2D eigenvalue weighted by Crippen LogP contribution is 2.16. The van der Waals surface area contributed by atoms with Crippen LogP contribution < -0.4 is 5.69 Å². The summed E-state index contributed by atoms with van der Waals surface area (Å²) in [7, 11) is 0. The Bertz CT molecular complexity index is 275. The van der Waals surface area contributed by atoms with Crippen LogP contribution in [0.25, 0.3) is 0 Å². The molecule has 0 radical (unpaired) electrons. The Labute approximate surface area is 83.0 Å². The van der Waals surface area contributed by atoms with E-state index in [1.807, 2.05) is 0 Å². The van der Waals surface area contributed by atoms with Gasteiger partial charge in [0.15, 0.2) is 0 Å². The number of nitrogens with one attached hydrogen (secondary N) is 1. The van der Waals surface area contributed by atoms with Crippen molar-refractivity contribution in [2.75, 3.05) is 0 Å². The second-order valence-electron chi connectivity index (χ2n) is 3.38. The number of hydrogen-bond acceptors (Lipinski definition) is 3. The van der Waals surface area contributed by atoms with Crippen LogP contribution in [0.5, 0.6) is 0 Å². The van der Waals surface area contributed by atoms with Gasteiger partial charge in [-0.2, -0.15) is 0 Å². The summed E-state index contributed by atoms with van der Waals surface area (Å²) in [4.78, 5) is 15.8. The van der Waals surface area contributed by atoms with Gasteiger partial charge in [0.1, 0.15) is 0 Å². The van der Waals surface area contributed by atoms with Crippen LogP contribution >= 0.6 is 0 Å². The molecule has 0 unspecified atom stereocenters. The maximum Gasteiger partial charge on any atom is 0.344 e. The standard InChI is InChI=1S/C6H12O.C4H4N2O/c7-6-4-2-1-3-5-6;7-4-5-2-1-3-6-4/h6-7H,1-5H2;1-3H,(H,5,6,7). The molecule has 1 saturated carbocycles. The molecule has 1 fully saturated rings. The number of nitrogens with zero attached hydrogens (tertiary/aromatic N) is 1. The van der Waals surface area contributed by atoms with E-state index in [2.05, 4.69) is 9.97 Å². The lowest BCUT2D eigenvalue weighted by Crippen LogP contribution is -2.09. The summed E-state index contributed by atoms with van der Waals surface area (Å²) in [6.07, 6.45) is 8.90. The van der Waals surface area contributed by atoms with Gasteiger partial charge in [0, 0.05) is 12.4 Å². The lowest BCUT2D eigenvalue weighted by Gasteiger charge is -2.14. The Morgan fingerprint density at radius 1 is 1.36 bits per heavy atom. The fourth-order valence-corrected chi connectivity index (χ4v) is 1.39. The predicted octanol–water partition coefficient (Wildman–Crippen LogP) is 1.08. The van der Waals surface area contributed by atoms with Crippen LogP contribution in [-0.4, -0.2) is 21.2 Å². The molecule has 78 valence electrons. The number of aromatic nitrogens is 2. The summed E-state index contributed by atoms with van der Waals surface area (Å²) in [5, 5.41) is 8.91. The van der Waals surface area contributed by atoms with Gasteiger partial charge >= 0.3 is 5.69 Å². The third kappa shape index (κ3) is 4.77. The normalized spacial score (nSPS) is 16.9. The van der Waals surface area contributed by atoms with Crippen molar-refractivity contribution >= 4 is 0 Å². The Morgan fingerprint density at radius 3 is 2.36 bits per heavy atom. The first-order chi connectivity index (χ1) is 6.79. The third-order valence-corrected chi connectivity index (χ3v) is 2.16. The van der Waals surface area contributed by atoms with Crippen molar-refractivity contribution in [3.63, 3.8) is 0 Å². The molecule has 2 rings (SSSR count). The molecular formula is C10H16N2O2. The van der Waals surface area contributed by atoms with Gasteiger partial charge in [-0.25, -0.2) is 9.78 Å². The molecule has 1 aliphatic rings. The molecule has 1 aromatic heterocycles. The van der Waals surface area contributed by atoms with Crippen LogP contribution in [-0.2, 0) is 0 Å². The van der Waals surface area contributed by atoms with Gasteiger partial charge in [-0.1, -0.05) is 19.3 Å². The number of aliphatic hydroxyl groups is 1.